The number of carbonyl (C=O) groups is 2. The van der Waals surface area contributed by atoms with Gasteiger partial charge in [-0.05, 0) is 24.3 Å². The van der Waals surface area contributed by atoms with E-state index in [1.165, 1.54) is 0 Å². The fourth-order valence-electron chi connectivity index (χ4n) is 5.11. The predicted octanol–water partition coefficient (Wildman–Crippen LogP) is 3.21. The van der Waals surface area contributed by atoms with E-state index in [1.54, 1.807) is 18.5 Å². The van der Waals surface area contributed by atoms with Gasteiger partial charge >= 0.3 is 0 Å². The number of amides is 2. The largest absolute Gasteiger partial charge is 0.381 e. The number of piperidine rings is 1. The van der Waals surface area contributed by atoms with Gasteiger partial charge in [-0.15, -0.1) is 0 Å². The van der Waals surface area contributed by atoms with Crippen LogP contribution in [0.25, 0.3) is 21.9 Å². The molecular weight excluding hydrogens is 442 g/mol. The summed E-state index contributed by atoms with van der Waals surface area (Å²) < 4.78 is 5.78. The second-order valence-electron chi connectivity index (χ2n) is 8.76. The van der Waals surface area contributed by atoms with Crippen molar-refractivity contribution >= 4 is 45.4 Å². The van der Waals surface area contributed by atoms with E-state index < -0.39 is 0 Å². The minimum Gasteiger partial charge on any atom is -0.381 e. The van der Waals surface area contributed by atoms with Gasteiger partial charge in [-0.25, -0.2) is 4.98 Å². The maximum Gasteiger partial charge on any atom is 0.268 e. The lowest BCUT2D eigenvalue weighted by Gasteiger charge is -2.47. The average molecular weight is 464 g/mol. The molecule has 0 aliphatic carbocycles. The van der Waals surface area contributed by atoms with Gasteiger partial charge in [0.1, 0.15) is 11.3 Å². The molecule has 0 radical (unpaired) electrons. The number of H-pyrrole nitrogens is 2. The summed E-state index contributed by atoms with van der Waals surface area (Å²) in [7, 11) is 0. The molecule has 1 aromatic carbocycles. The highest BCUT2D eigenvalue weighted by atomic mass is 35.5. The first-order chi connectivity index (χ1) is 16.1. The van der Waals surface area contributed by atoms with Crippen LogP contribution < -0.4 is 5.32 Å². The van der Waals surface area contributed by atoms with Crippen molar-refractivity contribution in [1.82, 2.24) is 25.2 Å². The average Bonchev–Trinajstić information content (AvgIpc) is 3.44. The number of likely N-dealkylation sites (tertiary alicyclic amines) is 1. The molecule has 2 aliphatic heterocycles. The number of hydrogen-bond acceptors (Lipinski definition) is 4. The van der Waals surface area contributed by atoms with Crippen LogP contribution in [0.2, 0.25) is 5.02 Å². The number of nitrogens with one attached hydrogen (secondary N) is 3. The van der Waals surface area contributed by atoms with Gasteiger partial charge in [0.25, 0.3) is 11.8 Å². The van der Waals surface area contributed by atoms with Crippen molar-refractivity contribution in [2.75, 3.05) is 26.3 Å². The summed E-state index contributed by atoms with van der Waals surface area (Å²) in [5.74, 6) is -0.170. The molecule has 5 heterocycles. The van der Waals surface area contributed by atoms with Gasteiger partial charge < -0.3 is 24.9 Å². The van der Waals surface area contributed by atoms with E-state index >= 15 is 0 Å². The summed E-state index contributed by atoms with van der Waals surface area (Å²) in [6.45, 7) is 2.03. The zero-order chi connectivity index (χ0) is 22.5. The van der Waals surface area contributed by atoms with Gasteiger partial charge in [-0.1, -0.05) is 23.7 Å². The van der Waals surface area contributed by atoms with Gasteiger partial charge in [0.15, 0.2) is 0 Å². The van der Waals surface area contributed by atoms with Crippen molar-refractivity contribution in [3.05, 3.63) is 65.1 Å². The number of carbonyl (C=O) groups excluding carboxylic acids is 2. The molecule has 0 saturated carbocycles. The van der Waals surface area contributed by atoms with Crippen LogP contribution in [-0.4, -0.2) is 64.0 Å². The van der Waals surface area contributed by atoms with Gasteiger partial charge in [0.05, 0.1) is 29.3 Å². The number of aromatic amines is 2. The Balaban J connectivity index is 1.21. The Kier molecular flexibility index (Phi) is 4.85. The lowest BCUT2D eigenvalue weighted by molar-refractivity contribution is -0.0547. The highest BCUT2D eigenvalue weighted by Crippen LogP contribution is 2.31. The lowest BCUT2D eigenvalue weighted by Crippen LogP contribution is -2.62. The number of aromatic nitrogens is 3. The number of rotatable bonds is 3. The quantitative estimate of drug-likeness (QED) is 0.434. The Morgan fingerprint density at radius 2 is 1.97 bits per heavy atom. The molecule has 2 bridgehead atoms. The van der Waals surface area contributed by atoms with E-state index in [9.17, 15) is 9.59 Å². The van der Waals surface area contributed by atoms with Crippen molar-refractivity contribution in [3.63, 3.8) is 0 Å². The fraction of sp³-hybridized carbons (Fsp3) is 0.292. The van der Waals surface area contributed by atoms with Crippen LogP contribution >= 0.6 is 11.6 Å². The number of pyridine rings is 1. The Hall–Kier alpha value is -3.36. The van der Waals surface area contributed by atoms with Crippen LogP contribution in [0.4, 0.5) is 0 Å². The number of para-hydroxylation sites is 1. The van der Waals surface area contributed by atoms with Crippen LogP contribution in [0.5, 0.6) is 0 Å². The minimum atomic E-state index is -0.166. The first kappa shape index (κ1) is 20.3. The molecule has 6 rings (SSSR count). The van der Waals surface area contributed by atoms with Crippen LogP contribution in [0.3, 0.4) is 0 Å². The molecule has 9 heteroatoms. The van der Waals surface area contributed by atoms with Crippen LogP contribution in [-0.2, 0) is 4.74 Å². The lowest BCUT2D eigenvalue weighted by atomic mass is 9.82. The summed E-state index contributed by atoms with van der Waals surface area (Å²) in [4.78, 5) is 38.7. The zero-order valence-corrected chi connectivity index (χ0v) is 18.4. The third-order valence-electron chi connectivity index (χ3n) is 6.71. The minimum absolute atomic E-state index is 0.0155. The third-order valence-corrected chi connectivity index (χ3v) is 7.02. The molecule has 0 spiro atoms. The number of fused-ring (bicyclic) bond motifs is 4. The van der Waals surface area contributed by atoms with Crippen LogP contribution in [0, 0.1) is 11.8 Å². The second-order valence-corrected chi connectivity index (χ2v) is 9.16. The van der Waals surface area contributed by atoms with Gasteiger partial charge in [0.2, 0.25) is 0 Å². The van der Waals surface area contributed by atoms with Gasteiger partial charge in [-0.3, -0.25) is 9.59 Å². The van der Waals surface area contributed by atoms with Crippen LogP contribution in [0.15, 0.2) is 48.8 Å². The maximum absolute atomic E-state index is 13.4. The fourth-order valence-corrected chi connectivity index (χ4v) is 5.34. The Morgan fingerprint density at radius 3 is 2.76 bits per heavy atom. The van der Waals surface area contributed by atoms with Gasteiger partial charge in [0, 0.05) is 54.1 Å². The number of halogens is 1. The Labute approximate surface area is 194 Å². The highest BCUT2D eigenvalue weighted by molar-refractivity contribution is 6.35. The summed E-state index contributed by atoms with van der Waals surface area (Å²) in [5.41, 5.74) is 2.54. The van der Waals surface area contributed by atoms with E-state index in [0.29, 0.717) is 48.2 Å². The second kappa shape index (κ2) is 7.90. The monoisotopic (exact) mass is 463 g/mol. The van der Waals surface area contributed by atoms with E-state index in [1.807, 2.05) is 35.2 Å². The van der Waals surface area contributed by atoms with E-state index in [0.717, 1.165) is 16.3 Å². The molecule has 4 aromatic rings. The smallest absolute Gasteiger partial charge is 0.268 e. The van der Waals surface area contributed by atoms with Crippen molar-refractivity contribution in [2.24, 2.45) is 11.8 Å². The van der Waals surface area contributed by atoms with Gasteiger partial charge in [-0.2, -0.15) is 0 Å². The highest BCUT2D eigenvalue weighted by Gasteiger charge is 2.43. The first-order valence-electron chi connectivity index (χ1n) is 11.0. The normalized spacial score (nSPS) is 22.6. The van der Waals surface area contributed by atoms with Crippen molar-refractivity contribution in [2.45, 2.75) is 6.04 Å². The summed E-state index contributed by atoms with van der Waals surface area (Å²) in [5, 5.41) is 5.49. The predicted molar refractivity (Wildman–Crippen MR) is 124 cm³/mol. The molecule has 3 N–H and O–H groups in total. The Morgan fingerprint density at radius 1 is 1.15 bits per heavy atom. The third kappa shape index (κ3) is 3.46. The Bertz CT molecular complexity index is 1330. The van der Waals surface area contributed by atoms with E-state index in [2.05, 4.69) is 20.3 Å². The molecular formula is C24H22ClN5O3. The van der Waals surface area contributed by atoms with E-state index in [4.69, 9.17) is 16.3 Å². The number of hydrogen-bond donors (Lipinski definition) is 3. The van der Waals surface area contributed by atoms with Crippen molar-refractivity contribution in [3.8, 4) is 0 Å². The van der Waals surface area contributed by atoms with Crippen molar-refractivity contribution in [1.29, 1.82) is 0 Å². The summed E-state index contributed by atoms with van der Waals surface area (Å²) in [6.07, 6.45) is 3.42. The molecule has 2 fully saturated rings. The molecule has 1 unspecified atom stereocenters. The molecule has 2 amide bonds. The number of ether oxygens (including phenoxy) is 1. The molecule has 8 nitrogen and oxygen atoms in total. The summed E-state index contributed by atoms with van der Waals surface area (Å²) in [6, 6.07) is 11.1. The van der Waals surface area contributed by atoms with Crippen LogP contribution in [0.1, 0.15) is 20.8 Å². The van der Waals surface area contributed by atoms with E-state index in [-0.39, 0.29) is 29.7 Å². The summed E-state index contributed by atoms with van der Waals surface area (Å²) >= 11 is 6.26. The van der Waals surface area contributed by atoms with Crippen molar-refractivity contribution < 1.29 is 14.3 Å². The number of benzene rings is 1. The zero-order valence-electron chi connectivity index (χ0n) is 17.7. The first-order valence-corrected chi connectivity index (χ1v) is 11.3. The molecule has 2 aliphatic rings. The molecule has 33 heavy (non-hydrogen) atoms. The topological polar surface area (TPSA) is 103 Å². The SMILES string of the molecule is O=C(NC1[C@@H]2COC[C@H]1CN(C(=O)c1c[nH]c3c(Cl)cccc13)C2)c1cc2cccnc2[nH]1. The maximum atomic E-state index is 13.4. The molecule has 168 valence electrons. The molecule has 3 atom stereocenters. The molecule has 3 aromatic heterocycles. The standard InChI is InChI=1S/C24H22ClN5O3/c25-18-5-1-4-16-17(8-27-21(16)18)24(32)30-9-14-11-33-12-15(10-30)20(14)29-23(31)19-7-13-3-2-6-26-22(13)28-19/h1-8,14-15,20,27H,9-12H2,(H,26,28)(H,29,31)/t14-,15+,20?. The molecule has 2 saturated heterocycles. The number of nitrogens with zero attached hydrogens (tertiary/aromatic N) is 2.